The van der Waals surface area contributed by atoms with Crippen molar-refractivity contribution >= 4 is 11.6 Å². The van der Waals surface area contributed by atoms with E-state index >= 15 is 0 Å². The average molecular weight is 358 g/mol. The highest BCUT2D eigenvalue weighted by Crippen LogP contribution is 2.25. The van der Waals surface area contributed by atoms with E-state index in [1.54, 1.807) is 61.5 Å². The van der Waals surface area contributed by atoms with Crippen molar-refractivity contribution in [3.8, 4) is 23.0 Å². The molecule has 3 rings (SSSR count). The van der Waals surface area contributed by atoms with Crippen LogP contribution in [-0.2, 0) is 6.61 Å². The summed E-state index contributed by atoms with van der Waals surface area (Å²) in [6.07, 6.45) is 0. The highest BCUT2D eigenvalue weighted by atomic mass is 35.5. The first-order valence-corrected chi connectivity index (χ1v) is 7.97. The van der Waals surface area contributed by atoms with Gasteiger partial charge in [-0.2, -0.15) is 0 Å². The van der Waals surface area contributed by atoms with Crippen LogP contribution in [0.1, 0.15) is 11.3 Å². The third-order valence-electron chi connectivity index (χ3n) is 3.52. The molecule has 3 aromatic rings. The van der Waals surface area contributed by atoms with Gasteiger partial charge < -0.3 is 19.6 Å². The van der Waals surface area contributed by atoms with Gasteiger partial charge in [0.15, 0.2) is 5.75 Å². The summed E-state index contributed by atoms with van der Waals surface area (Å²) < 4.78 is 11.3. The minimum absolute atomic E-state index is 0.188. The Morgan fingerprint density at radius 3 is 2.16 bits per heavy atom. The van der Waals surface area contributed by atoms with Crippen molar-refractivity contribution in [2.45, 2.75) is 13.5 Å². The molecule has 0 fully saturated rings. The van der Waals surface area contributed by atoms with E-state index in [9.17, 15) is 9.90 Å². The van der Waals surface area contributed by atoms with Crippen molar-refractivity contribution in [3.05, 3.63) is 81.2 Å². The first-order valence-electron chi connectivity index (χ1n) is 7.59. The standard InChI is InChI=1S/C19H16ClNO4/c1-12-10-14(21-19(23)18(12)22)11-24-15-6-8-17(9-7-15)25-16-4-2-13(20)3-5-16/h2-10,22H,11H2,1H3,(H,21,23). The highest BCUT2D eigenvalue weighted by molar-refractivity contribution is 6.30. The number of aromatic amines is 1. The van der Waals surface area contributed by atoms with Gasteiger partial charge in [0.1, 0.15) is 23.9 Å². The fourth-order valence-corrected chi connectivity index (χ4v) is 2.36. The number of benzene rings is 2. The van der Waals surface area contributed by atoms with Gasteiger partial charge >= 0.3 is 0 Å². The quantitative estimate of drug-likeness (QED) is 0.709. The molecule has 6 heteroatoms. The van der Waals surface area contributed by atoms with Crippen LogP contribution < -0.4 is 15.0 Å². The third kappa shape index (κ3) is 4.33. The zero-order valence-corrected chi connectivity index (χ0v) is 14.2. The molecule has 1 aromatic heterocycles. The molecule has 0 aliphatic heterocycles. The molecule has 0 saturated carbocycles. The lowest BCUT2D eigenvalue weighted by atomic mass is 10.2. The van der Waals surface area contributed by atoms with Crippen LogP contribution in [0, 0.1) is 6.92 Å². The van der Waals surface area contributed by atoms with E-state index < -0.39 is 5.56 Å². The van der Waals surface area contributed by atoms with Crippen LogP contribution in [0.2, 0.25) is 5.02 Å². The number of hydrogen-bond donors (Lipinski definition) is 2. The van der Waals surface area contributed by atoms with Crippen LogP contribution in [0.25, 0.3) is 0 Å². The van der Waals surface area contributed by atoms with E-state index in [1.165, 1.54) is 0 Å². The molecule has 25 heavy (non-hydrogen) atoms. The van der Waals surface area contributed by atoms with Crippen LogP contribution >= 0.6 is 11.6 Å². The van der Waals surface area contributed by atoms with Gasteiger partial charge in [0.05, 0.1) is 5.69 Å². The Hall–Kier alpha value is -2.92. The lowest BCUT2D eigenvalue weighted by Gasteiger charge is -2.09. The van der Waals surface area contributed by atoms with Gasteiger partial charge in [0.2, 0.25) is 0 Å². The van der Waals surface area contributed by atoms with Crippen LogP contribution in [0.3, 0.4) is 0 Å². The zero-order chi connectivity index (χ0) is 17.8. The second-order valence-electron chi connectivity index (χ2n) is 5.47. The van der Waals surface area contributed by atoms with Crippen molar-refractivity contribution in [3.63, 3.8) is 0 Å². The van der Waals surface area contributed by atoms with Gasteiger partial charge in [-0.25, -0.2) is 0 Å². The van der Waals surface area contributed by atoms with E-state index in [4.69, 9.17) is 21.1 Å². The molecule has 0 bridgehead atoms. The summed E-state index contributed by atoms with van der Waals surface area (Å²) in [6, 6.07) is 15.9. The maximum atomic E-state index is 11.5. The number of rotatable bonds is 5. The Morgan fingerprint density at radius 2 is 1.56 bits per heavy atom. The molecule has 1 heterocycles. The fourth-order valence-electron chi connectivity index (χ4n) is 2.23. The van der Waals surface area contributed by atoms with Crippen LogP contribution in [0.4, 0.5) is 0 Å². The number of aryl methyl sites for hydroxylation is 1. The molecule has 2 N–H and O–H groups in total. The second-order valence-corrected chi connectivity index (χ2v) is 5.91. The molecule has 128 valence electrons. The maximum absolute atomic E-state index is 11.5. The molecule has 2 aromatic carbocycles. The van der Waals surface area contributed by atoms with E-state index in [0.717, 1.165) is 0 Å². The number of nitrogens with one attached hydrogen (secondary N) is 1. The molecule has 0 radical (unpaired) electrons. The summed E-state index contributed by atoms with van der Waals surface area (Å²) >= 11 is 5.84. The van der Waals surface area contributed by atoms with E-state index in [-0.39, 0.29) is 12.4 Å². The van der Waals surface area contributed by atoms with Crippen LogP contribution in [0.15, 0.2) is 59.4 Å². The first-order chi connectivity index (χ1) is 12.0. The van der Waals surface area contributed by atoms with Crippen molar-refractivity contribution in [1.29, 1.82) is 0 Å². The third-order valence-corrected chi connectivity index (χ3v) is 3.77. The number of ether oxygens (including phenoxy) is 2. The molecular weight excluding hydrogens is 342 g/mol. The maximum Gasteiger partial charge on any atom is 0.290 e. The summed E-state index contributed by atoms with van der Waals surface area (Å²) in [7, 11) is 0. The van der Waals surface area contributed by atoms with Gasteiger partial charge in [-0.15, -0.1) is 0 Å². The Morgan fingerprint density at radius 1 is 1.00 bits per heavy atom. The van der Waals surface area contributed by atoms with Crippen molar-refractivity contribution in [2.24, 2.45) is 0 Å². The fraction of sp³-hybridized carbons (Fsp3) is 0.105. The topological polar surface area (TPSA) is 71.5 Å². The molecule has 5 nitrogen and oxygen atoms in total. The van der Waals surface area contributed by atoms with Gasteiger partial charge in [0, 0.05) is 5.02 Å². The average Bonchev–Trinajstić information content (AvgIpc) is 2.61. The molecule has 0 unspecified atom stereocenters. The normalized spacial score (nSPS) is 10.5. The van der Waals surface area contributed by atoms with E-state index in [1.807, 2.05) is 0 Å². The Bertz CT molecular complexity index is 918. The molecule has 0 atom stereocenters. The molecule has 0 aliphatic rings. The number of aromatic nitrogens is 1. The molecule has 0 spiro atoms. The second kappa shape index (κ2) is 7.32. The van der Waals surface area contributed by atoms with E-state index in [0.29, 0.717) is 33.5 Å². The number of aromatic hydroxyl groups is 1. The first kappa shape index (κ1) is 16.9. The Labute approximate surface area is 149 Å². The van der Waals surface area contributed by atoms with Gasteiger partial charge in [0.25, 0.3) is 5.56 Å². The lowest BCUT2D eigenvalue weighted by Crippen LogP contribution is -2.11. The predicted molar refractivity (Wildman–Crippen MR) is 95.8 cm³/mol. The van der Waals surface area contributed by atoms with Crippen LogP contribution in [-0.4, -0.2) is 10.1 Å². The van der Waals surface area contributed by atoms with Gasteiger partial charge in [-0.3, -0.25) is 4.79 Å². The van der Waals surface area contributed by atoms with Crippen LogP contribution in [0.5, 0.6) is 23.0 Å². The van der Waals surface area contributed by atoms with Crippen molar-refractivity contribution in [1.82, 2.24) is 4.98 Å². The number of H-pyrrole nitrogens is 1. The molecule has 0 amide bonds. The summed E-state index contributed by atoms with van der Waals surface area (Å²) in [6.45, 7) is 1.85. The minimum Gasteiger partial charge on any atom is -0.503 e. The van der Waals surface area contributed by atoms with E-state index in [2.05, 4.69) is 4.98 Å². The Balaban J connectivity index is 1.63. The van der Waals surface area contributed by atoms with Crippen molar-refractivity contribution in [2.75, 3.05) is 0 Å². The summed E-state index contributed by atoms with van der Waals surface area (Å²) in [5.41, 5.74) is 0.571. The lowest BCUT2D eigenvalue weighted by molar-refractivity contribution is 0.300. The summed E-state index contributed by atoms with van der Waals surface area (Å²) in [5, 5.41) is 10.1. The summed E-state index contributed by atoms with van der Waals surface area (Å²) in [4.78, 5) is 14.1. The smallest absolute Gasteiger partial charge is 0.290 e. The largest absolute Gasteiger partial charge is 0.503 e. The summed E-state index contributed by atoms with van der Waals surface area (Å²) in [5.74, 6) is 1.72. The van der Waals surface area contributed by atoms with Gasteiger partial charge in [-0.05, 0) is 67.1 Å². The number of hydrogen-bond acceptors (Lipinski definition) is 4. The van der Waals surface area contributed by atoms with Gasteiger partial charge in [-0.1, -0.05) is 11.6 Å². The predicted octanol–water partition coefficient (Wildman–Crippen LogP) is 4.41. The van der Waals surface area contributed by atoms with Crippen molar-refractivity contribution < 1.29 is 14.6 Å². The monoisotopic (exact) mass is 357 g/mol. The minimum atomic E-state index is -0.523. The molecule has 0 saturated heterocycles. The molecular formula is C19H16ClNO4. The Kier molecular flexibility index (Phi) is 4.95. The highest BCUT2D eigenvalue weighted by Gasteiger charge is 2.05. The number of pyridine rings is 1. The number of halogens is 1. The SMILES string of the molecule is Cc1cc(COc2ccc(Oc3ccc(Cl)cc3)cc2)[nH]c(=O)c1O. The molecule has 0 aliphatic carbocycles. The zero-order valence-electron chi connectivity index (χ0n) is 13.5.